The molecule has 26 heavy (non-hydrogen) atoms. The number of hydrogen-bond donors (Lipinski definition) is 1. The lowest BCUT2D eigenvalue weighted by Crippen LogP contribution is -2.28. The summed E-state index contributed by atoms with van der Waals surface area (Å²) < 4.78 is 11.7. The highest BCUT2D eigenvalue weighted by Crippen LogP contribution is 2.28. The number of rotatable bonds is 5. The van der Waals surface area contributed by atoms with Crippen molar-refractivity contribution in [3.63, 3.8) is 0 Å². The maximum atomic E-state index is 12.6. The molecule has 1 amide bonds. The van der Waals surface area contributed by atoms with Crippen LogP contribution in [0.3, 0.4) is 0 Å². The molecule has 1 unspecified atom stereocenters. The maximum absolute atomic E-state index is 12.6. The number of methoxy groups -OCH3 is 2. The fraction of sp³-hybridized carbons (Fsp3) is 0.389. The van der Waals surface area contributed by atoms with E-state index in [1.54, 1.807) is 51.7 Å². The van der Waals surface area contributed by atoms with Crippen molar-refractivity contribution in [3.05, 3.63) is 40.8 Å². The lowest BCUT2D eigenvalue weighted by Gasteiger charge is -2.18. The van der Waals surface area contributed by atoms with Crippen LogP contribution >= 0.6 is 0 Å². The minimum atomic E-state index is -0.170. The Labute approximate surface area is 151 Å². The predicted molar refractivity (Wildman–Crippen MR) is 98.0 cm³/mol. The molecule has 8 heteroatoms. The quantitative estimate of drug-likeness (QED) is 0.866. The molecule has 8 nitrogen and oxygen atoms in total. The summed E-state index contributed by atoms with van der Waals surface area (Å²) in [5.41, 5.74) is 1.20. The summed E-state index contributed by atoms with van der Waals surface area (Å²) in [6.07, 6.45) is 2.36. The zero-order valence-electron chi connectivity index (χ0n) is 15.1. The van der Waals surface area contributed by atoms with Gasteiger partial charge in [-0.25, -0.2) is 4.68 Å². The van der Waals surface area contributed by atoms with Crippen molar-refractivity contribution >= 4 is 17.3 Å². The van der Waals surface area contributed by atoms with Crippen LogP contribution in [0.15, 0.2) is 35.3 Å². The first kappa shape index (κ1) is 17.8. The van der Waals surface area contributed by atoms with Crippen LogP contribution in [-0.4, -0.2) is 43.0 Å². The second kappa shape index (κ2) is 7.47. The molecule has 1 aromatic heterocycles. The molecule has 0 saturated carbocycles. The van der Waals surface area contributed by atoms with Gasteiger partial charge in [0.1, 0.15) is 11.5 Å². The van der Waals surface area contributed by atoms with Gasteiger partial charge in [0.25, 0.3) is 5.56 Å². The fourth-order valence-corrected chi connectivity index (χ4v) is 2.97. The lowest BCUT2D eigenvalue weighted by atomic mass is 10.1. The first-order valence-corrected chi connectivity index (χ1v) is 8.32. The monoisotopic (exact) mass is 358 g/mol. The van der Waals surface area contributed by atoms with Crippen LogP contribution in [0.1, 0.15) is 6.42 Å². The Kier molecular flexibility index (Phi) is 5.11. The van der Waals surface area contributed by atoms with E-state index in [4.69, 9.17) is 9.47 Å². The van der Waals surface area contributed by atoms with Gasteiger partial charge in [0.2, 0.25) is 5.91 Å². The Morgan fingerprint density at radius 2 is 1.88 bits per heavy atom. The smallest absolute Gasteiger partial charge is 0.268 e. The summed E-state index contributed by atoms with van der Waals surface area (Å²) in [7, 11) is 4.73. The molecule has 1 saturated heterocycles. The number of carbonyl (C=O) groups excluding carboxylic acids is 1. The van der Waals surface area contributed by atoms with Crippen molar-refractivity contribution in [2.24, 2.45) is 13.0 Å². The molecule has 3 rings (SSSR count). The summed E-state index contributed by atoms with van der Waals surface area (Å²) in [6, 6.07) is 6.78. The number of benzene rings is 1. The highest BCUT2D eigenvalue weighted by Gasteiger charge is 2.29. The Balaban J connectivity index is 1.68. The highest BCUT2D eigenvalue weighted by atomic mass is 16.5. The van der Waals surface area contributed by atoms with Crippen molar-refractivity contribution < 1.29 is 14.3 Å². The number of amides is 1. The van der Waals surface area contributed by atoms with E-state index in [0.717, 1.165) is 5.69 Å². The molecule has 0 bridgehead atoms. The van der Waals surface area contributed by atoms with Crippen molar-refractivity contribution in [2.75, 3.05) is 37.5 Å². The number of aryl methyl sites for hydroxylation is 1. The third-order valence-corrected chi connectivity index (χ3v) is 4.50. The van der Waals surface area contributed by atoms with Gasteiger partial charge < -0.3 is 19.7 Å². The number of anilines is 2. The largest absolute Gasteiger partial charge is 0.497 e. The lowest BCUT2D eigenvalue weighted by molar-refractivity contribution is -0.119. The molecular weight excluding hydrogens is 336 g/mol. The van der Waals surface area contributed by atoms with Gasteiger partial charge >= 0.3 is 0 Å². The van der Waals surface area contributed by atoms with Crippen LogP contribution in [0.2, 0.25) is 0 Å². The average Bonchev–Trinajstić information content (AvgIpc) is 3.14. The van der Waals surface area contributed by atoms with E-state index in [0.29, 0.717) is 36.7 Å². The first-order valence-electron chi connectivity index (χ1n) is 8.32. The molecule has 138 valence electrons. The van der Waals surface area contributed by atoms with Crippen molar-refractivity contribution in [1.82, 2.24) is 9.78 Å². The third-order valence-electron chi connectivity index (χ3n) is 4.50. The van der Waals surface area contributed by atoms with Gasteiger partial charge in [0, 0.05) is 50.1 Å². The summed E-state index contributed by atoms with van der Waals surface area (Å²) in [6.45, 7) is 1.25. The molecule has 1 fully saturated rings. The number of nitrogens with zero attached hydrogens (tertiary/aromatic N) is 3. The first-order chi connectivity index (χ1) is 12.5. The van der Waals surface area contributed by atoms with E-state index in [2.05, 4.69) is 10.4 Å². The minimum absolute atomic E-state index is 0.0698. The van der Waals surface area contributed by atoms with Crippen molar-refractivity contribution in [2.45, 2.75) is 6.42 Å². The molecule has 1 N–H and O–H groups in total. The summed E-state index contributed by atoms with van der Waals surface area (Å²) in [5, 5.41) is 6.95. The SMILES string of the molecule is COc1cc(NC(=O)C2CCN(c3cnn(C)c(=O)c3)C2)cc(OC)c1. The standard InChI is InChI=1S/C18H22N4O4/c1-21-17(23)8-14(10-19-21)22-5-4-12(11-22)18(24)20-13-6-15(25-2)9-16(7-13)26-3/h6-10,12H,4-5,11H2,1-3H3,(H,20,24). The second-order valence-electron chi connectivity index (χ2n) is 6.20. The van der Waals surface area contributed by atoms with E-state index < -0.39 is 0 Å². The van der Waals surface area contributed by atoms with E-state index in [1.165, 1.54) is 4.68 Å². The van der Waals surface area contributed by atoms with Gasteiger partial charge in [-0.3, -0.25) is 9.59 Å². The second-order valence-corrected chi connectivity index (χ2v) is 6.20. The van der Waals surface area contributed by atoms with Crippen LogP contribution in [0.4, 0.5) is 11.4 Å². The van der Waals surface area contributed by atoms with Crippen LogP contribution < -0.4 is 25.2 Å². The Bertz CT molecular complexity index is 842. The number of ether oxygens (including phenoxy) is 2. The molecule has 0 radical (unpaired) electrons. The highest BCUT2D eigenvalue weighted by molar-refractivity contribution is 5.93. The van der Waals surface area contributed by atoms with Gasteiger partial charge in [-0.2, -0.15) is 5.10 Å². The molecule has 0 aliphatic carbocycles. The minimum Gasteiger partial charge on any atom is -0.497 e. The van der Waals surface area contributed by atoms with Crippen molar-refractivity contribution in [1.29, 1.82) is 0 Å². The summed E-state index contributed by atoms with van der Waals surface area (Å²) in [5.74, 6) is 0.980. The number of nitrogens with one attached hydrogen (secondary N) is 1. The molecule has 2 aromatic rings. The van der Waals surface area contributed by atoms with Crippen LogP contribution in [0.5, 0.6) is 11.5 Å². The van der Waals surface area contributed by atoms with Gasteiger partial charge in [-0.1, -0.05) is 0 Å². The molecule has 1 aliphatic rings. The molecule has 2 heterocycles. The summed E-state index contributed by atoms with van der Waals surface area (Å²) in [4.78, 5) is 26.4. The molecule has 1 atom stereocenters. The Hall–Kier alpha value is -3.03. The zero-order chi connectivity index (χ0) is 18.7. The zero-order valence-corrected chi connectivity index (χ0v) is 15.1. The number of hydrogen-bond acceptors (Lipinski definition) is 6. The molecular formula is C18H22N4O4. The molecule has 1 aromatic carbocycles. The summed E-state index contributed by atoms with van der Waals surface area (Å²) >= 11 is 0. The van der Waals surface area contributed by atoms with E-state index in [-0.39, 0.29) is 17.4 Å². The van der Waals surface area contributed by atoms with Crippen LogP contribution in [0.25, 0.3) is 0 Å². The Morgan fingerprint density at radius 3 is 2.50 bits per heavy atom. The predicted octanol–water partition coefficient (Wildman–Crippen LogP) is 1.26. The average molecular weight is 358 g/mol. The third kappa shape index (κ3) is 3.79. The normalized spacial score (nSPS) is 16.4. The van der Waals surface area contributed by atoms with E-state index in [9.17, 15) is 9.59 Å². The van der Waals surface area contributed by atoms with E-state index in [1.807, 2.05) is 4.90 Å². The fourth-order valence-electron chi connectivity index (χ4n) is 2.97. The van der Waals surface area contributed by atoms with Crippen LogP contribution in [-0.2, 0) is 11.8 Å². The maximum Gasteiger partial charge on any atom is 0.268 e. The van der Waals surface area contributed by atoms with Gasteiger partial charge in [-0.05, 0) is 6.42 Å². The van der Waals surface area contributed by atoms with E-state index >= 15 is 0 Å². The molecule has 1 aliphatic heterocycles. The molecule has 0 spiro atoms. The Morgan fingerprint density at radius 1 is 1.19 bits per heavy atom. The van der Waals surface area contributed by atoms with Gasteiger partial charge in [-0.15, -0.1) is 0 Å². The van der Waals surface area contributed by atoms with Gasteiger partial charge in [0.15, 0.2) is 0 Å². The topological polar surface area (TPSA) is 85.7 Å². The van der Waals surface area contributed by atoms with Crippen molar-refractivity contribution in [3.8, 4) is 11.5 Å². The van der Waals surface area contributed by atoms with Crippen LogP contribution in [0, 0.1) is 5.92 Å². The number of aromatic nitrogens is 2. The van der Waals surface area contributed by atoms with Gasteiger partial charge in [0.05, 0.1) is 32.0 Å². The number of carbonyl (C=O) groups is 1.